The van der Waals surface area contributed by atoms with E-state index in [1.807, 2.05) is 38.1 Å². The van der Waals surface area contributed by atoms with E-state index < -0.39 is 0 Å². The molecule has 1 aliphatic rings. The summed E-state index contributed by atoms with van der Waals surface area (Å²) in [7, 11) is 0. The van der Waals surface area contributed by atoms with E-state index in [1.54, 1.807) is 23.1 Å². The highest BCUT2D eigenvalue weighted by molar-refractivity contribution is 6.31. The highest BCUT2D eigenvalue weighted by Gasteiger charge is 2.35. The van der Waals surface area contributed by atoms with E-state index in [9.17, 15) is 9.59 Å². The summed E-state index contributed by atoms with van der Waals surface area (Å²) in [5.74, 6) is -0.546. The van der Waals surface area contributed by atoms with Gasteiger partial charge in [0, 0.05) is 29.4 Å². The third-order valence-electron chi connectivity index (χ3n) is 4.26. The summed E-state index contributed by atoms with van der Waals surface area (Å²) in [5.41, 5.74) is 3.68. The van der Waals surface area contributed by atoms with Gasteiger partial charge in [-0.1, -0.05) is 35.4 Å². The summed E-state index contributed by atoms with van der Waals surface area (Å²) in [6.45, 7) is 4.34. The normalized spacial score (nSPS) is 17.2. The summed E-state index contributed by atoms with van der Waals surface area (Å²) in [4.78, 5) is 26.4. The lowest BCUT2D eigenvalue weighted by molar-refractivity contribution is -0.122. The molecule has 1 aliphatic heterocycles. The van der Waals surface area contributed by atoms with Crippen LogP contribution < -0.4 is 10.2 Å². The van der Waals surface area contributed by atoms with Crippen LogP contribution >= 0.6 is 11.6 Å². The van der Waals surface area contributed by atoms with E-state index >= 15 is 0 Å². The Bertz CT molecular complexity index is 804. The predicted molar refractivity (Wildman–Crippen MR) is 96.5 cm³/mol. The molecule has 2 aromatic carbocycles. The molecule has 1 atom stereocenters. The van der Waals surface area contributed by atoms with Crippen molar-refractivity contribution in [1.82, 2.24) is 0 Å². The molecule has 0 aliphatic carbocycles. The Kier molecular flexibility index (Phi) is 4.58. The minimum atomic E-state index is -0.364. The van der Waals surface area contributed by atoms with Crippen molar-refractivity contribution in [2.24, 2.45) is 5.92 Å². The van der Waals surface area contributed by atoms with Crippen LogP contribution in [0.5, 0.6) is 0 Å². The van der Waals surface area contributed by atoms with Crippen molar-refractivity contribution in [3.05, 3.63) is 58.6 Å². The number of nitrogens with zero attached hydrogens (tertiary/aromatic N) is 1. The molecule has 2 aromatic rings. The number of halogens is 1. The van der Waals surface area contributed by atoms with Crippen LogP contribution in [0.1, 0.15) is 17.5 Å². The Morgan fingerprint density at radius 1 is 1.21 bits per heavy atom. The minimum Gasteiger partial charge on any atom is -0.326 e. The second-order valence-electron chi connectivity index (χ2n) is 6.19. The molecule has 0 saturated carbocycles. The van der Waals surface area contributed by atoms with Gasteiger partial charge in [0.2, 0.25) is 11.8 Å². The van der Waals surface area contributed by atoms with Crippen molar-refractivity contribution >= 4 is 34.8 Å². The highest BCUT2D eigenvalue weighted by Crippen LogP contribution is 2.28. The maximum Gasteiger partial charge on any atom is 0.229 e. The van der Waals surface area contributed by atoms with Gasteiger partial charge in [0.05, 0.1) is 5.92 Å². The van der Waals surface area contributed by atoms with Crippen molar-refractivity contribution < 1.29 is 9.59 Å². The topological polar surface area (TPSA) is 49.4 Å². The van der Waals surface area contributed by atoms with Crippen LogP contribution in [0.4, 0.5) is 11.4 Å². The zero-order valence-electron chi connectivity index (χ0n) is 13.7. The van der Waals surface area contributed by atoms with Crippen molar-refractivity contribution in [2.75, 3.05) is 16.8 Å². The molecular weight excluding hydrogens is 324 g/mol. The molecule has 2 amide bonds. The lowest BCUT2D eigenvalue weighted by Gasteiger charge is -2.17. The van der Waals surface area contributed by atoms with Crippen LogP contribution in [0, 0.1) is 19.8 Å². The molecule has 1 fully saturated rings. The van der Waals surface area contributed by atoms with Gasteiger partial charge >= 0.3 is 0 Å². The van der Waals surface area contributed by atoms with Crippen LogP contribution in [0.25, 0.3) is 0 Å². The standard InChI is InChI=1S/C19H19ClN2O2/c1-12-6-7-17(13(2)8-12)21-19(24)14-9-18(23)22(11-14)16-5-3-4-15(20)10-16/h3-8,10,14H,9,11H2,1-2H3,(H,21,24). The summed E-state index contributed by atoms with van der Waals surface area (Å²) < 4.78 is 0. The number of rotatable bonds is 3. The molecule has 124 valence electrons. The first-order valence-corrected chi connectivity index (χ1v) is 8.26. The molecule has 1 N–H and O–H groups in total. The number of aryl methyl sites for hydroxylation is 2. The van der Waals surface area contributed by atoms with E-state index in [1.165, 1.54) is 0 Å². The van der Waals surface area contributed by atoms with Gasteiger partial charge in [-0.25, -0.2) is 0 Å². The Morgan fingerprint density at radius 3 is 2.71 bits per heavy atom. The Hall–Kier alpha value is -2.33. The van der Waals surface area contributed by atoms with Gasteiger partial charge in [-0.05, 0) is 43.7 Å². The second-order valence-corrected chi connectivity index (χ2v) is 6.63. The zero-order chi connectivity index (χ0) is 17.3. The van der Waals surface area contributed by atoms with E-state index in [-0.39, 0.29) is 24.2 Å². The molecule has 4 nitrogen and oxygen atoms in total. The van der Waals surface area contributed by atoms with Gasteiger partial charge in [-0.3, -0.25) is 9.59 Å². The number of hydrogen-bond donors (Lipinski definition) is 1. The Balaban J connectivity index is 1.72. The SMILES string of the molecule is Cc1ccc(NC(=O)C2CC(=O)N(c3cccc(Cl)c3)C2)c(C)c1. The molecule has 0 bridgehead atoms. The first kappa shape index (κ1) is 16.5. The molecular formula is C19H19ClN2O2. The molecule has 24 heavy (non-hydrogen) atoms. The van der Waals surface area contributed by atoms with E-state index in [4.69, 9.17) is 11.6 Å². The highest BCUT2D eigenvalue weighted by atomic mass is 35.5. The molecule has 0 radical (unpaired) electrons. The Labute approximate surface area is 146 Å². The number of amides is 2. The van der Waals surface area contributed by atoms with Crippen LogP contribution in [0.2, 0.25) is 5.02 Å². The van der Waals surface area contributed by atoms with Gasteiger partial charge in [0.25, 0.3) is 0 Å². The largest absolute Gasteiger partial charge is 0.326 e. The number of benzene rings is 2. The molecule has 1 unspecified atom stereocenters. The van der Waals surface area contributed by atoms with E-state index in [2.05, 4.69) is 5.32 Å². The fourth-order valence-electron chi connectivity index (χ4n) is 2.97. The summed E-state index contributed by atoms with van der Waals surface area (Å²) >= 11 is 5.99. The minimum absolute atomic E-state index is 0.0574. The quantitative estimate of drug-likeness (QED) is 0.918. The van der Waals surface area contributed by atoms with Crippen LogP contribution in [-0.2, 0) is 9.59 Å². The first-order valence-electron chi connectivity index (χ1n) is 7.88. The molecule has 5 heteroatoms. The van der Waals surface area contributed by atoms with Gasteiger partial charge in [-0.15, -0.1) is 0 Å². The molecule has 3 rings (SSSR count). The van der Waals surface area contributed by atoms with Crippen LogP contribution in [0.3, 0.4) is 0 Å². The summed E-state index contributed by atoms with van der Waals surface area (Å²) in [5, 5.41) is 3.51. The maximum atomic E-state index is 12.5. The van der Waals surface area contributed by atoms with Gasteiger partial charge < -0.3 is 10.2 Å². The lowest BCUT2D eigenvalue weighted by atomic mass is 10.1. The van der Waals surface area contributed by atoms with E-state index in [0.29, 0.717) is 11.6 Å². The molecule has 0 spiro atoms. The summed E-state index contributed by atoms with van der Waals surface area (Å²) in [6.07, 6.45) is 0.212. The predicted octanol–water partition coefficient (Wildman–Crippen LogP) is 3.95. The zero-order valence-corrected chi connectivity index (χ0v) is 14.4. The van der Waals surface area contributed by atoms with E-state index in [0.717, 1.165) is 22.5 Å². The third kappa shape index (κ3) is 3.44. The van der Waals surface area contributed by atoms with Crippen molar-refractivity contribution in [3.63, 3.8) is 0 Å². The van der Waals surface area contributed by atoms with Crippen LogP contribution in [0.15, 0.2) is 42.5 Å². The third-order valence-corrected chi connectivity index (χ3v) is 4.49. The molecule has 1 heterocycles. The van der Waals surface area contributed by atoms with Crippen molar-refractivity contribution in [3.8, 4) is 0 Å². The second kappa shape index (κ2) is 6.65. The molecule has 0 aromatic heterocycles. The smallest absolute Gasteiger partial charge is 0.229 e. The first-order chi connectivity index (χ1) is 11.4. The van der Waals surface area contributed by atoms with Crippen molar-refractivity contribution in [1.29, 1.82) is 0 Å². The van der Waals surface area contributed by atoms with Gasteiger partial charge in [-0.2, -0.15) is 0 Å². The number of carbonyl (C=O) groups is 2. The van der Waals surface area contributed by atoms with Gasteiger partial charge in [0.15, 0.2) is 0 Å². The molecule has 1 saturated heterocycles. The lowest BCUT2D eigenvalue weighted by Crippen LogP contribution is -2.28. The number of anilines is 2. The number of carbonyl (C=O) groups excluding carboxylic acids is 2. The fourth-order valence-corrected chi connectivity index (χ4v) is 3.15. The van der Waals surface area contributed by atoms with Crippen molar-refractivity contribution in [2.45, 2.75) is 20.3 Å². The number of hydrogen-bond acceptors (Lipinski definition) is 2. The van der Waals surface area contributed by atoms with Crippen LogP contribution in [-0.4, -0.2) is 18.4 Å². The fraction of sp³-hybridized carbons (Fsp3) is 0.263. The summed E-state index contributed by atoms with van der Waals surface area (Å²) in [6, 6.07) is 13.0. The number of nitrogens with one attached hydrogen (secondary N) is 1. The average molecular weight is 343 g/mol. The monoisotopic (exact) mass is 342 g/mol. The maximum absolute atomic E-state index is 12.5. The Morgan fingerprint density at radius 2 is 2.00 bits per heavy atom. The van der Waals surface area contributed by atoms with Gasteiger partial charge in [0.1, 0.15) is 0 Å². The average Bonchev–Trinajstić information content (AvgIpc) is 2.92.